The minimum absolute atomic E-state index is 0.0417. The first-order valence-corrected chi connectivity index (χ1v) is 10.2. The average molecular weight is 446 g/mol. The van der Waals surface area contributed by atoms with E-state index in [-0.39, 0.29) is 25.5 Å². The van der Waals surface area contributed by atoms with E-state index >= 15 is 0 Å². The van der Waals surface area contributed by atoms with Gasteiger partial charge in [-0.05, 0) is 57.0 Å². The molecular weight excluding hydrogens is 420 g/mol. The van der Waals surface area contributed by atoms with Crippen molar-refractivity contribution in [1.29, 1.82) is 0 Å². The lowest BCUT2D eigenvalue weighted by atomic mass is 10.1. The number of nitrogens with zero attached hydrogens (tertiary/aromatic N) is 5. The molecule has 2 aliphatic heterocycles. The molecule has 0 saturated carbocycles. The third-order valence-electron chi connectivity index (χ3n) is 4.76. The molecule has 12 heteroatoms. The number of hydroxylamine groups is 2. The summed E-state index contributed by atoms with van der Waals surface area (Å²) in [7, 11) is 0. The standard InChI is InChI=1S/C20H26N6O6/c1-20(2,3)31-19(29)32-26-11-14(23-24-21)10-16(26)18(28)22-13-4-6-15(7-5-13)25-8-9-30-12-17(25)27/h4-7,14,16H,8-12H2,1-3H3,(H,22,28)/t14-,16+/m0/s1. The number of hydrogen-bond donors (Lipinski definition) is 1. The van der Waals surface area contributed by atoms with Gasteiger partial charge in [-0.25, -0.2) is 4.79 Å². The van der Waals surface area contributed by atoms with Crippen LogP contribution in [0.5, 0.6) is 0 Å². The van der Waals surface area contributed by atoms with Gasteiger partial charge in [0.25, 0.3) is 5.91 Å². The van der Waals surface area contributed by atoms with Crippen LogP contribution in [0.2, 0.25) is 0 Å². The summed E-state index contributed by atoms with van der Waals surface area (Å²) in [6, 6.07) is 5.41. The molecule has 2 aliphatic rings. The number of azide groups is 1. The molecule has 2 amide bonds. The molecule has 2 heterocycles. The molecule has 0 aliphatic carbocycles. The van der Waals surface area contributed by atoms with Crippen molar-refractivity contribution in [3.05, 3.63) is 34.7 Å². The van der Waals surface area contributed by atoms with Crippen LogP contribution >= 0.6 is 0 Å². The number of carbonyl (C=O) groups is 3. The van der Waals surface area contributed by atoms with Gasteiger partial charge >= 0.3 is 6.16 Å². The summed E-state index contributed by atoms with van der Waals surface area (Å²) in [5.41, 5.74) is 9.18. The Kier molecular flexibility index (Phi) is 7.18. The van der Waals surface area contributed by atoms with Crippen LogP contribution in [0.25, 0.3) is 10.4 Å². The Morgan fingerprint density at radius 1 is 1.28 bits per heavy atom. The number of anilines is 2. The smallest absolute Gasteiger partial charge is 0.427 e. The average Bonchev–Trinajstić information content (AvgIpc) is 3.10. The molecular formula is C20H26N6O6. The van der Waals surface area contributed by atoms with Crippen LogP contribution in [0.15, 0.2) is 29.4 Å². The monoisotopic (exact) mass is 446 g/mol. The zero-order chi connectivity index (χ0) is 23.3. The van der Waals surface area contributed by atoms with E-state index in [0.29, 0.717) is 24.5 Å². The summed E-state index contributed by atoms with van der Waals surface area (Å²) in [5.74, 6) is -0.558. The van der Waals surface area contributed by atoms with Gasteiger partial charge in [0.05, 0.1) is 12.6 Å². The van der Waals surface area contributed by atoms with Crippen LogP contribution < -0.4 is 10.2 Å². The van der Waals surface area contributed by atoms with E-state index in [9.17, 15) is 14.4 Å². The molecule has 0 unspecified atom stereocenters. The van der Waals surface area contributed by atoms with Gasteiger partial charge in [0.2, 0.25) is 5.91 Å². The lowest BCUT2D eigenvalue weighted by molar-refractivity contribution is -0.159. The summed E-state index contributed by atoms with van der Waals surface area (Å²) in [5, 5.41) is 7.58. The molecule has 2 atom stereocenters. The highest BCUT2D eigenvalue weighted by atomic mass is 16.8. The van der Waals surface area contributed by atoms with Crippen LogP contribution in [0.1, 0.15) is 27.2 Å². The Morgan fingerprint density at radius 3 is 2.62 bits per heavy atom. The second-order valence-electron chi connectivity index (χ2n) is 8.40. The topological polar surface area (TPSA) is 146 Å². The van der Waals surface area contributed by atoms with E-state index < -0.39 is 29.7 Å². The molecule has 0 radical (unpaired) electrons. The Morgan fingerprint density at radius 2 is 2.00 bits per heavy atom. The van der Waals surface area contributed by atoms with Crippen molar-refractivity contribution in [2.24, 2.45) is 5.11 Å². The van der Waals surface area contributed by atoms with Gasteiger partial charge in [0.15, 0.2) is 0 Å². The maximum Gasteiger partial charge on any atom is 0.528 e. The largest absolute Gasteiger partial charge is 0.528 e. The molecule has 0 aromatic heterocycles. The summed E-state index contributed by atoms with van der Waals surface area (Å²) in [6.07, 6.45) is -0.768. The zero-order valence-corrected chi connectivity index (χ0v) is 18.2. The number of nitrogens with one attached hydrogen (secondary N) is 1. The number of hydrogen-bond acceptors (Lipinski definition) is 8. The van der Waals surface area contributed by atoms with Crippen LogP contribution in [-0.4, -0.2) is 67.0 Å². The Bertz CT molecular complexity index is 908. The van der Waals surface area contributed by atoms with E-state index in [1.165, 1.54) is 5.06 Å². The fourth-order valence-electron chi connectivity index (χ4n) is 3.39. The summed E-state index contributed by atoms with van der Waals surface area (Å²) < 4.78 is 10.3. The quantitative estimate of drug-likeness (QED) is 0.316. The van der Waals surface area contributed by atoms with E-state index in [1.54, 1.807) is 49.9 Å². The summed E-state index contributed by atoms with van der Waals surface area (Å²) in [4.78, 5) is 46.5. The first-order valence-electron chi connectivity index (χ1n) is 10.2. The van der Waals surface area contributed by atoms with Crippen molar-refractivity contribution in [3.8, 4) is 0 Å². The van der Waals surface area contributed by atoms with Crippen molar-refractivity contribution < 1.29 is 28.7 Å². The van der Waals surface area contributed by atoms with E-state index in [0.717, 1.165) is 0 Å². The maximum atomic E-state index is 12.9. The molecule has 2 fully saturated rings. The van der Waals surface area contributed by atoms with Crippen molar-refractivity contribution in [2.45, 2.75) is 44.9 Å². The molecule has 0 bridgehead atoms. The van der Waals surface area contributed by atoms with Crippen molar-refractivity contribution in [2.75, 3.05) is 36.5 Å². The number of amides is 2. The Balaban J connectivity index is 1.66. The number of morpholine rings is 1. The van der Waals surface area contributed by atoms with Crippen LogP contribution in [-0.2, 0) is 23.9 Å². The molecule has 32 heavy (non-hydrogen) atoms. The number of ether oxygens (including phenoxy) is 2. The number of rotatable bonds is 5. The van der Waals surface area contributed by atoms with Gasteiger partial charge in [0.1, 0.15) is 18.2 Å². The molecule has 1 aromatic carbocycles. The third-order valence-corrected chi connectivity index (χ3v) is 4.76. The molecule has 2 saturated heterocycles. The highest BCUT2D eigenvalue weighted by Gasteiger charge is 2.40. The molecule has 3 rings (SSSR count). The molecule has 1 aromatic rings. The summed E-state index contributed by atoms with van der Waals surface area (Å²) in [6.45, 7) is 6.12. The minimum atomic E-state index is -0.948. The lowest BCUT2D eigenvalue weighted by Crippen LogP contribution is -2.42. The molecule has 0 spiro atoms. The maximum absolute atomic E-state index is 12.9. The fourth-order valence-corrected chi connectivity index (χ4v) is 3.39. The zero-order valence-electron chi connectivity index (χ0n) is 18.2. The normalized spacial score (nSPS) is 21.6. The second kappa shape index (κ2) is 9.86. The number of benzene rings is 1. The van der Waals surface area contributed by atoms with E-state index in [1.807, 2.05) is 0 Å². The van der Waals surface area contributed by atoms with Crippen LogP contribution in [0.3, 0.4) is 0 Å². The predicted octanol–water partition coefficient (Wildman–Crippen LogP) is 2.61. The van der Waals surface area contributed by atoms with E-state index in [2.05, 4.69) is 15.3 Å². The highest BCUT2D eigenvalue weighted by Crippen LogP contribution is 2.25. The van der Waals surface area contributed by atoms with Gasteiger partial charge in [-0.1, -0.05) is 5.11 Å². The second-order valence-corrected chi connectivity index (χ2v) is 8.40. The van der Waals surface area contributed by atoms with Crippen molar-refractivity contribution in [1.82, 2.24) is 5.06 Å². The van der Waals surface area contributed by atoms with Gasteiger partial charge in [0, 0.05) is 29.4 Å². The first kappa shape index (κ1) is 23.3. The van der Waals surface area contributed by atoms with Gasteiger partial charge in [-0.15, -0.1) is 5.06 Å². The molecule has 1 N–H and O–H groups in total. The number of carbonyl (C=O) groups excluding carboxylic acids is 3. The Labute approximate surface area is 185 Å². The van der Waals surface area contributed by atoms with Crippen LogP contribution in [0, 0.1) is 0 Å². The minimum Gasteiger partial charge on any atom is -0.427 e. The first-order chi connectivity index (χ1) is 15.2. The summed E-state index contributed by atoms with van der Waals surface area (Å²) >= 11 is 0. The van der Waals surface area contributed by atoms with Gasteiger partial charge < -0.3 is 24.5 Å². The van der Waals surface area contributed by atoms with Crippen molar-refractivity contribution >= 4 is 29.3 Å². The SMILES string of the molecule is CC(C)(C)OC(=O)ON1C[C@@H](N=[N+]=[N-])C[C@@H]1C(=O)Nc1ccc(N2CCOCC2=O)cc1. The predicted molar refractivity (Wildman–Crippen MR) is 114 cm³/mol. The Hall–Kier alpha value is -3.34. The van der Waals surface area contributed by atoms with Crippen LogP contribution in [0.4, 0.5) is 16.2 Å². The third kappa shape index (κ3) is 6.10. The van der Waals surface area contributed by atoms with Gasteiger partial charge in [-0.3, -0.25) is 9.59 Å². The highest BCUT2D eigenvalue weighted by molar-refractivity contribution is 5.97. The van der Waals surface area contributed by atoms with Gasteiger partial charge in [-0.2, -0.15) is 0 Å². The molecule has 12 nitrogen and oxygen atoms in total. The molecule has 172 valence electrons. The lowest BCUT2D eigenvalue weighted by Gasteiger charge is -2.27. The van der Waals surface area contributed by atoms with E-state index in [4.69, 9.17) is 19.8 Å². The fraction of sp³-hybridized carbons (Fsp3) is 0.550. The van der Waals surface area contributed by atoms with Crippen molar-refractivity contribution in [3.63, 3.8) is 0 Å².